The van der Waals surface area contributed by atoms with E-state index in [4.69, 9.17) is 10.5 Å². The molecule has 5 nitrogen and oxygen atoms in total. The molecule has 7 heteroatoms. The molecule has 1 aromatic rings. The Morgan fingerprint density at radius 3 is 2.72 bits per heavy atom. The van der Waals surface area contributed by atoms with E-state index in [0.717, 1.165) is 17.7 Å². The average molecular weight is 290 g/mol. The van der Waals surface area contributed by atoms with E-state index in [0.29, 0.717) is 24.7 Å². The van der Waals surface area contributed by atoms with E-state index in [-0.39, 0.29) is 6.04 Å². The second-order valence-electron chi connectivity index (χ2n) is 4.32. The first-order chi connectivity index (χ1) is 8.55. The molecular formula is C11H18N2O3S2. The van der Waals surface area contributed by atoms with Crippen molar-refractivity contribution in [3.8, 4) is 0 Å². The molecule has 0 saturated carbocycles. The van der Waals surface area contributed by atoms with Crippen molar-refractivity contribution in [1.29, 1.82) is 0 Å². The minimum Gasteiger partial charge on any atom is -0.381 e. The maximum absolute atomic E-state index is 12.4. The molecule has 18 heavy (non-hydrogen) atoms. The fourth-order valence-corrected chi connectivity index (χ4v) is 4.57. The zero-order valence-electron chi connectivity index (χ0n) is 10.3. The largest absolute Gasteiger partial charge is 0.381 e. The summed E-state index contributed by atoms with van der Waals surface area (Å²) in [5.74, 6) is 0. The van der Waals surface area contributed by atoms with Gasteiger partial charge in [-0.05, 0) is 18.9 Å². The SMILES string of the molecule is CN(C1CCOCC1)S(=O)(=O)c1csc(CN)c1. The Morgan fingerprint density at radius 1 is 1.50 bits per heavy atom. The lowest BCUT2D eigenvalue weighted by atomic mass is 10.1. The van der Waals surface area contributed by atoms with Crippen LogP contribution in [0.1, 0.15) is 17.7 Å². The molecule has 1 saturated heterocycles. The van der Waals surface area contributed by atoms with E-state index >= 15 is 0 Å². The normalized spacial score (nSPS) is 18.4. The van der Waals surface area contributed by atoms with Gasteiger partial charge in [-0.3, -0.25) is 0 Å². The van der Waals surface area contributed by atoms with Crippen LogP contribution >= 0.6 is 11.3 Å². The summed E-state index contributed by atoms with van der Waals surface area (Å²) in [4.78, 5) is 1.23. The molecule has 2 N–H and O–H groups in total. The third-order valence-electron chi connectivity index (χ3n) is 3.21. The van der Waals surface area contributed by atoms with Crippen molar-refractivity contribution in [3.63, 3.8) is 0 Å². The summed E-state index contributed by atoms with van der Waals surface area (Å²) in [7, 11) is -1.75. The third kappa shape index (κ3) is 2.75. The number of hydrogen-bond acceptors (Lipinski definition) is 5. The highest BCUT2D eigenvalue weighted by Gasteiger charge is 2.29. The first-order valence-corrected chi connectivity index (χ1v) is 8.21. The highest BCUT2D eigenvalue weighted by Crippen LogP contribution is 2.25. The van der Waals surface area contributed by atoms with Gasteiger partial charge in [0.25, 0.3) is 0 Å². The Labute approximate surface area is 112 Å². The summed E-state index contributed by atoms with van der Waals surface area (Å²) in [5.41, 5.74) is 5.51. The quantitative estimate of drug-likeness (QED) is 0.898. The van der Waals surface area contributed by atoms with Gasteiger partial charge >= 0.3 is 0 Å². The Balaban J connectivity index is 2.18. The topological polar surface area (TPSA) is 72.6 Å². The Hall–Kier alpha value is -0.470. The second kappa shape index (κ2) is 5.66. The monoisotopic (exact) mass is 290 g/mol. The maximum atomic E-state index is 12.4. The first kappa shape index (κ1) is 14.0. The van der Waals surface area contributed by atoms with E-state index in [1.807, 2.05) is 0 Å². The van der Waals surface area contributed by atoms with E-state index in [1.165, 1.54) is 15.6 Å². The van der Waals surface area contributed by atoms with Crippen LogP contribution in [0.15, 0.2) is 16.3 Å². The van der Waals surface area contributed by atoms with Gasteiger partial charge in [0.05, 0.1) is 4.90 Å². The third-order valence-corrected chi connectivity index (χ3v) is 6.21. The maximum Gasteiger partial charge on any atom is 0.243 e. The molecule has 1 aliphatic rings. The molecule has 0 unspecified atom stereocenters. The van der Waals surface area contributed by atoms with Crippen molar-refractivity contribution in [3.05, 3.63) is 16.3 Å². The van der Waals surface area contributed by atoms with Gasteiger partial charge in [-0.25, -0.2) is 8.42 Å². The number of nitrogens with two attached hydrogens (primary N) is 1. The van der Waals surface area contributed by atoms with Crippen LogP contribution in [0, 0.1) is 0 Å². The summed E-state index contributed by atoms with van der Waals surface area (Å²) in [6, 6.07) is 1.69. The van der Waals surface area contributed by atoms with Gasteiger partial charge < -0.3 is 10.5 Å². The van der Waals surface area contributed by atoms with E-state index in [9.17, 15) is 8.42 Å². The number of hydrogen-bond donors (Lipinski definition) is 1. The van der Waals surface area contributed by atoms with Crippen molar-refractivity contribution in [2.75, 3.05) is 20.3 Å². The van der Waals surface area contributed by atoms with Crippen molar-refractivity contribution in [1.82, 2.24) is 4.31 Å². The molecule has 0 amide bonds. The minimum absolute atomic E-state index is 0.0324. The molecule has 102 valence electrons. The molecule has 2 rings (SSSR count). The molecule has 0 spiro atoms. The van der Waals surface area contributed by atoms with E-state index in [2.05, 4.69) is 0 Å². The molecule has 2 heterocycles. The number of rotatable bonds is 4. The van der Waals surface area contributed by atoms with Crippen molar-refractivity contribution in [2.45, 2.75) is 30.3 Å². The molecule has 1 aliphatic heterocycles. The van der Waals surface area contributed by atoms with Crippen molar-refractivity contribution < 1.29 is 13.2 Å². The van der Waals surface area contributed by atoms with Crippen LogP contribution in [0.25, 0.3) is 0 Å². The molecule has 0 atom stereocenters. The van der Waals surface area contributed by atoms with Crippen molar-refractivity contribution in [2.24, 2.45) is 5.73 Å². The lowest BCUT2D eigenvalue weighted by molar-refractivity contribution is 0.0632. The van der Waals surface area contributed by atoms with Gasteiger partial charge in [0, 0.05) is 43.1 Å². The standard InChI is InChI=1S/C11H18N2O3S2/c1-13(9-2-4-16-5-3-9)18(14,15)11-6-10(7-12)17-8-11/h6,8-9H,2-5,7,12H2,1H3. The lowest BCUT2D eigenvalue weighted by Crippen LogP contribution is -2.40. The van der Waals surface area contributed by atoms with Crippen molar-refractivity contribution >= 4 is 21.4 Å². The summed E-state index contributed by atoms with van der Waals surface area (Å²) in [6.45, 7) is 1.63. The Morgan fingerprint density at radius 2 is 2.17 bits per heavy atom. The molecule has 0 bridgehead atoms. The summed E-state index contributed by atoms with van der Waals surface area (Å²) < 4.78 is 31.5. The highest BCUT2D eigenvalue weighted by molar-refractivity contribution is 7.89. The van der Waals surface area contributed by atoms with Gasteiger partial charge in [0.1, 0.15) is 0 Å². The summed E-state index contributed by atoms with van der Waals surface area (Å²) >= 11 is 1.38. The van der Waals surface area contributed by atoms with E-state index < -0.39 is 10.0 Å². The van der Waals surface area contributed by atoms with Crippen LogP contribution in [-0.4, -0.2) is 39.0 Å². The van der Waals surface area contributed by atoms with Gasteiger partial charge in [0.15, 0.2) is 0 Å². The zero-order chi connectivity index (χ0) is 13.2. The molecule has 0 aliphatic carbocycles. The van der Waals surface area contributed by atoms with Crippen LogP contribution < -0.4 is 5.73 Å². The second-order valence-corrected chi connectivity index (χ2v) is 7.31. The van der Waals surface area contributed by atoms with Crippen LogP contribution in [0.5, 0.6) is 0 Å². The predicted molar refractivity (Wildman–Crippen MR) is 71.0 cm³/mol. The number of ether oxygens (including phenoxy) is 1. The molecule has 1 fully saturated rings. The summed E-state index contributed by atoms with van der Waals surface area (Å²) in [6.07, 6.45) is 1.51. The minimum atomic E-state index is -3.40. The van der Waals surface area contributed by atoms with Gasteiger partial charge in [-0.2, -0.15) is 4.31 Å². The molecule has 0 aromatic carbocycles. The smallest absolute Gasteiger partial charge is 0.243 e. The first-order valence-electron chi connectivity index (χ1n) is 5.89. The van der Waals surface area contributed by atoms with Crippen LogP contribution in [0.4, 0.5) is 0 Å². The van der Waals surface area contributed by atoms with Crippen LogP contribution in [0.2, 0.25) is 0 Å². The number of thiophene rings is 1. The van der Waals surface area contributed by atoms with Crippen LogP contribution in [-0.2, 0) is 21.3 Å². The fraction of sp³-hybridized carbons (Fsp3) is 0.636. The molecule has 1 aromatic heterocycles. The summed E-state index contributed by atoms with van der Waals surface area (Å²) in [5, 5.41) is 1.66. The Kier molecular flexibility index (Phi) is 4.39. The van der Waals surface area contributed by atoms with Gasteiger partial charge in [-0.15, -0.1) is 11.3 Å². The van der Waals surface area contributed by atoms with E-state index in [1.54, 1.807) is 18.5 Å². The molecule has 0 radical (unpaired) electrons. The average Bonchev–Trinajstić information content (AvgIpc) is 2.88. The van der Waals surface area contributed by atoms with Crippen LogP contribution in [0.3, 0.4) is 0 Å². The fourth-order valence-electron chi connectivity index (χ4n) is 2.01. The molecular weight excluding hydrogens is 272 g/mol. The Bertz CT molecular complexity index is 492. The van der Waals surface area contributed by atoms with Gasteiger partial charge in [0.2, 0.25) is 10.0 Å². The zero-order valence-corrected chi connectivity index (χ0v) is 12.0. The van der Waals surface area contributed by atoms with Gasteiger partial charge in [-0.1, -0.05) is 0 Å². The number of sulfonamides is 1. The number of nitrogens with zero attached hydrogens (tertiary/aromatic N) is 1. The highest BCUT2D eigenvalue weighted by atomic mass is 32.2. The lowest BCUT2D eigenvalue weighted by Gasteiger charge is -2.30. The predicted octanol–water partition coefficient (Wildman–Crippen LogP) is 1.01.